The van der Waals surface area contributed by atoms with E-state index in [9.17, 15) is 4.79 Å². The average molecular weight is 336 g/mol. The lowest BCUT2D eigenvalue weighted by atomic mass is 10.1. The Kier molecular flexibility index (Phi) is 6.08. The normalized spacial score (nSPS) is 11.4. The molecule has 0 fully saturated rings. The van der Waals surface area contributed by atoms with Crippen LogP contribution in [0.4, 0.5) is 0 Å². The van der Waals surface area contributed by atoms with Gasteiger partial charge < -0.3 is 14.8 Å². The second kappa shape index (κ2) is 7.84. The summed E-state index contributed by atoms with van der Waals surface area (Å²) in [5.41, 5.74) is 2.79. The van der Waals surface area contributed by atoms with Gasteiger partial charge in [-0.3, -0.25) is 4.79 Å². The third-order valence-corrected chi connectivity index (χ3v) is 4.65. The van der Waals surface area contributed by atoms with Gasteiger partial charge in [-0.1, -0.05) is 25.4 Å². The fraction of sp³-hybridized carbons (Fsp3) is 0.500. The van der Waals surface area contributed by atoms with Gasteiger partial charge in [0, 0.05) is 35.6 Å². The Labute approximate surface area is 143 Å². The molecule has 0 unspecified atom stereocenters. The van der Waals surface area contributed by atoms with Gasteiger partial charge >= 0.3 is 0 Å². The summed E-state index contributed by atoms with van der Waals surface area (Å²) in [5, 5.41) is 4.80. The van der Waals surface area contributed by atoms with Crippen LogP contribution in [0.25, 0.3) is 10.9 Å². The van der Waals surface area contributed by atoms with Gasteiger partial charge in [-0.15, -0.1) is 0 Å². The van der Waals surface area contributed by atoms with Crippen LogP contribution in [0, 0.1) is 6.92 Å². The molecule has 0 atom stereocenters. The highest BCUT2D eigenvalue weighted by molar-refractivity contribution is 6.31. The molecule has 126 valence electrons. The molecule has 0 spiro atoms. The smallest absolute Gasteiger partial charge is 0.268 e. The molecule has 1 amide bonds. The van der Waals surface area contributed by atoms with E-state index in [1.807, 2.05) is 25.1 Å². The van der Waals surface area contributed by atoms with Gasteiger partial charge in [0.25, 0.3) is 5.91 Å². The molecular formula is C18H26ClN3O. The molecule has 5 heteroatoms. The summed E-state index contributed by atoms with van der Waals surface area (Å²) in [7, 11) is 0. The molecule has 0 aliphatic heterocycles. The first-order chi connectivity index (χ1) is 11.0. The minimum atomic E-state index is -0.0103. The molecule has 1 aromatic heterocycles. The Morgan fingerprint density at radius 3 is 2.57 bits per heavy atom. The summed E-state index contributed by atoms with van der Waals surface area (Å²) >= 11 is 6.11. The maximum Gasteiger partial charge on any atom is 0.268 e. The maximum atomic E-state index is 12.7. The van der Waals surface area contributed by atoms with Gasteiger partial charge in [-0.2, -0.15) is 0 Å². The molecule has 0 radical (unpaired) electrons. The molecule has 23 heavy (non-hydrogen) atoms. The molecule has 2 aromatic rings. The first-order valence-corrected chi connectivity index (χ1v) is 8.70. The van der Waals surface area contributed by atoms with E-state index in [-0.39, 0.29) is 5.91 Å². The number of aryl methyl sites for hydroxylation is 2. The van der Waals surface area contributed by atoms with E-state index >= 15 is 0 Å². The van der Waals surface area contributed by atoms with E-state index in [0.29, 0.717) is 11.6 Å². The monoisotopic (exact) mass is 335 g/mol. The van der Waals surface area contributed by atoms with Gasteiger partial charge in [0.15, 0.2) is 0 Å². The fourth-order valence-electron chi connectivity index (χ4n) is 3.07. The number of fused-ring (bicyclic) bond motifs is 1. The molecule has 2 rings (SSSR count). The summed E-state index contributed by atoms with van der Waals surface area (Å²) in [6.07, 6.45) is 0. The average Bonchev–Trinajstić information content (AvgIpc) is 2.83. The van der Waals surface area contributed by atoms with Crippen molar-refractivity contribution in [1.29, 1.82) is 0 Å². The lowest BCUT2D eigenvalue weighted by molar-refractivity contribution is 0.0939. The summed E-state index contributed by atoms with van der Waals surface area (Å²) in [6, 6.07) is 5.80. The molecule has 0 saturated carbocycles. The van der Waals surface area contributed by atoms with E-state index in [1.165, 1.54) is 0 Å². The highest BCUT2D eigenvalue weighted by Crippen LogP contribution is 2.28. The molecule has 0 saturated heterocycles. The van der Waals surface area contributed by atoms with Crippen molar-refractivity contribution in [2.24, 2.45) is 0 Å². The largest absolute Gasteiger partial charge is 0.349 e. The van der Waals surface area contributed by atoms with Crippen molar-refractivity contribution in [3.8, 4) is 0 Å². The van der Waals surface area contributed by atoms with Crippen LogP contribution in [0.1, 0.15) is 36.8 Å². The Bertz CT molecular complexity index is 689. The van der Waals surface area contributed by atoms with Crippen LogP contribution in [0.5, 0.6) is 0 Å². The van der Waals surface area contributed by atoms with Crippen LogP contribution >= 0.6 is 11.6 Å². The minimum absolute atomic E-state index is 0.0103. The number of likely N-dealkylation sites (N-methyl/N-ethyl adjacent to an activating group) is 1. The standard InChI is InChI=1S/C18H26ClN3O/c1-5-21(6-2)11-10-20-18(23)17-13(4)15-12-14(19)8-9-16(15)22(17)7-3/h8-9,12H,5-7,10-11H2,1-4H3,(H,20,23). The third kappa shape index (κ3) is 3.70. The Balaban J connectivity index is 2.24. The van der Waals surface area contributed by atoms with Crippen LogP contribution in [0.2, 0.25) is 5.02 Å². The van der Waals surface area contributed by atoms with E-state index in [0.717, 1.165) is 48.3 Å². The van der Waals surface area contributed by atoms with Crippen LogP contribution in [0.15, 0.2) is 18.2 Å². The lowest BCUT2D eigenvalue weighted by Crippen LogP contribution is -2.35. The van der Waals surface area contributed by atoms with E-state index < -0.39 is 0 Å². The quantitative estimate of drug-likeness (QED) is 0.837. The van der Waals surface area contributed by atoms with Crippen molar-refractivity contribution in [1.82, 2.24) is 14.8 Å². The van der Waals surface area contributed by atoms with Crippen molar-refractivity contribution in [3.63, 3.8) is 0 Å². The fourth-order valence-corrected chi connectivity index (χ4v) is 3.24. The van der Waals surface area contributed by atoms with Crippen LogP contribution in [-0.4, -0.2) is 41.6 Å². The van der Waals surface area contributed by atoms with E-state index in [4.69, 9.17) is 11.6 Å². The SMILES string of the molecule is CCN(CC)CCNC(=O)c1c(C)c2cc(Cl)ccc2n1CC. The maximum absolute atomic E-state index is 12.7. The number of hydrogen-bond donors (Lipinski definition) is 1. The second-order valence-electron chi connectivity index (χ2n) is 5.66. The number of nitrogens with zero attached hydrogens (tertiary/aromatic N) is 2. The van der Waals surface area contributed by atoms with Crippen LogP contribution < -0.4 is 5.32 Å². The summed E-state index contributed by atoms with van der Waals surface area (Å²) in [5.74, 6) is -0.0103. The molecular weight excluding hydrogens is 310 g/mol. The predicted molar refractivity (Wildman–Crippen MR) is 97.5 cm³/mol. The Morgan fingerprint density at radius 1 is 1.26 bits per heavy atom. The molecule has 0 bridgehead atoms. The highest BCUT2D eigenvalue weighted by atomic mass is 35.5. The number of hydrogen-bond acceptors (Lipinski definition) is 2. The minimum Gasteiger partial charge on any atom is -0.349 e. The summed E-state index contributed by atoms with van der Waals surface area (Å²) in [4.78, 5) is 15.0. The number of aromatic nitrogens is 1. The highest BCUT2D eigenvalue weighted by Gasteiger charge is 2.19. The van der Waals surface area contributed by atoms with Gasteiger partial charge in [-0.25, -0.2) is 0 Å². The van der Waals surface area contributed by atoms with Crippen LogP contribution in [-0.2, 0) is 6.54 Å². The zero-order chi connectivity index (χ0) is 17.0. The van der Waals surface area contributed by atoms with Gasteiger partial charge in [-0.05, 0) is 50.7 Å². The third-order valence-electron chi connectivity index (χ3n) is 4.42. The summed E-state index contributed by atoms with van der Waals surface area (Å²) in [6.45, 7) is 12.6. The number of rotatable bonds is 7. The van der Waals surface area contributed by atoms with Crippen molar-refractivity contribution < 1.29 is 4.79 Å². The lowest BCUT2D eigenvalue weighted by Gasteiger charge is -2.18. The first kappa shape index (κ1) is 17.8. The molecule has 0 aliphatic rings. The molecule has 1 aromatic carbocycles. The van der Waals surface area contributed by atoms with Crippen molar-refractivity contribution in [3.05, 3.63) is 34.5 Å². The van der Waals surface area contributed by atoms with Gasteiger partial charge in [0.2, 0.25) is 0 Å². The van der Waals surface area contributed by atoms with Crippen LogP contribution in [0.3, 0.4) is 0 Å². The topological polar surface area (TPSA) is 37.3 Å². The number of carbonyl (C=O) groups is 1. The molecule has 0 aliphatic carbocycles. The number of halogens is 1. The van der Waals surface area contributed by atoms with Crippen molar-refractivity contribution in [2.75, 3.05) is 26.2 Å². The number of amides is 1. The van der Waals surface area contributed by atoms with Gasteiger partial charge in [0.1, 0.15) is 5.69 Å². The van der Waals surface area contributed by atoms with Crippen molar-refractivity contribution >= 4 is 28.4 Å². The zero-order valence-electron chi connectivity index (χ0n) is 14.4. The number of benzene rings is 1. The van der Waals surface area contributed by atoms with E-state index in [1.54, 1.807) is 0 Å². The van der Waals surface area contributed by atoms with Crippen molar-refractivity contribution in [2.45, 2.75) is 34.2 Å². The molecule has 1 N–H and O–H groups in total. The summed E-state index contributed by atoms with van der Waals surface area (Å²) < 4.78 is 2.06. The molecule has 1 heterocycles. The number of nitrogens with one attached hydrogen (secondary N) is 1. The molecule has 4 nitrogen and oxygen atoms in total. The first-order valence-electron chi connectivity index (χ1n) is 8.32. The number of carbonyl (C=O) groups excluding carboxylic acids is 1. The van der Waals surface area contributed by atoms with Gasteiger partial charge in [0.05, 0.1) is 0 Å². The Morgan fingerprint density at radius 2 is 1.96 bits per heavy atom. The zero-order valence-corrected chi connectivity index (χ0v) is 15.2. The Hall–Kier alpha value is -1.52. The second-order valence-corrected chi connectivity index (χ2v) is 6.10. The predicted octanol–water partition coefficient (Wildman–Crippen LogP) is 3.69. The van der Waals surface area contributed by atoms with E-state index in [2.05, 4.69) is 35.6 Å².